The van der Waals surface area contributed by atoms with E-state index in [1.807, 2.05) is 36.4 Å². The van der Waals surface area contributed by atoms with Gasteiger partial charge in [0.25, 0.3) is 0 Å². The number of ketones is 1. The van der Waals surface area contributed by atoms with Crippen LogP contribution in [0.25, 0.3) is 0 Å². The van der Waals surface area contributed by atoms with E-state index in [4.69, 9.17) is 9.26 Å². The molecular weight excluding hydrogens is 404 g/mol. The summed E-state index contributed by atoms with van der Waals surface area (Å²) in [5.74, 6) is 1.61. The van der Waals surface area contributed by atoms with Crippen LogP contribution in [-0.2, 0) is 6.42 Å². The number of benzene rings is 2. The fourth-order valence-electron chi connectivity index (χ4n) is 2.14. The summed E-state index contributed by atoms with van der Waals surface area (Å²) < 4.78 is 11.3. The average molecular weight is 419 g/mol. The van der Waals surface area contributed by atoms with Gasteiger partial charge in [0, 0.05) is 10.0 Å². The molecule has 0 aliphatic heterocycles. The van der Waals surface area contributed by atoms with Crippen molar-refractivity contribution in [3.8, 4) is 5.75 Å². The van der Waals surface area contributed by atoms with Gasteiger partial charge in [-0.05, 0) is 29.8 Å². The molecule has 25 heavy (non-hydrogen) atoms. The number of hydrogen-bond donors (Lipinski definition) is 0. The summed E-state index contributed by atoms with van der Waals surface area (Å²) in [6.45, 7) is 0. The summed E-state index contributed by atoms with van der Waals surface area (Å²) in [6, 6.07) is 14.9. The minimum absolute atomic E-state index is 0.0269. The van der Waals surface area contributed by atoms with Crippen LogP contribution in [0.15, 0.2) is 62.7 Å². The van der Waals surface area contributed by atoms with Crippen molar-refractivity contribution in [3.05, 3.63) is 70.0 Å². The van der Waals surface area contributed by atoms with Gasteiger partial charge in [-0.1, -0.05) is 57.1 Å². The molecule has 1 heterocycles. The number of hydrogen-bond acceptors (Lipinski definition) is 6. The quantitative estimate of drug-likeness (QED) is 0.418. The molecule has 0 amide bonds. The predicted octanol–water partition coefficient (Wildman–Crippen LogP) is 4.41. The number of rotatable bonds is 7. The van der Waals surface area contributed by atoms with Crippen LogP contribution in [0.5, 0.6) is 5.75 Å². The molecule has 5 nitrogen and oxygen atoms in total. The maximum atomic E-state index is 12.2. The van der Waals surface area contributed by atoms with Gasteiger partial charge >= 0.3 is 0 Å². The second-order valence-corrected chi connectivity index (χ2v) is 7.07. The minimum atomic E-state index is 0.0269. The highest BCUT2D eigenvalue weighted by Crippen LogP contribution is 2.19. The Morgan fingerprint density at radius 1 is 1.16 bits per heavy atom. The molecular formula is C18H15BrN2O3S. The Morgan fingerprint density at radius 2 is 1.88 bits per heavy atom. The highest BCUT2D eigenvalue weighted by Gasteiger charge is 2.12. The van der Waals surface area contributed by atoms with E-state index in [0.29, 0.717) is 23.0 Å². The van der Waals surface area contributed by atoms with Crippen molar-refractivity contribution in [1.29, 1.82) is 0 Å². The monoisotopic (exact) mass is 418 g/mol. The first kappa shape index (κ1) is 17.7. The van der Waals surface area contributed by atoms with Crippen molar-refractivity contribution in [2.45, 2.75) is 11.6 Å². The molecule has 7 heteroatoms. The highest BCUT2D eigenvalue weighted by molar-refractivity contribution is 9.10. The fraction of sp³-hybridized carbons (Fsp3) is 0.167. The van der Waals surface area contributed by atoms with E-state index >= 15 is 0 Å². The van der Waals surface area contributed by atoms with Crippen molar-refractivity contribution in [1.82, 2.24) is 10.1 Å². The predicted molar refractivity (Wildman–Crippen MR) is 99.3 cm³/mol. The number of halogens is 1. The molecule has 0 aliphatic carbocycles. The summed E-state index contributed by atoms with van der Waals surface area (Å²) in [6.07, 6.45) is 0.540. The molecule has 0 saturated carbocycles. The first-order valence-electron chi connectivity index (χ1n) is 7.51. The van der Waals surface area contributed by atoms with Crippen molar-refractivity contribution in [3.63, 3.8) is 0 Å². The third kappa shape index (κ3) is 4.93. The van der Waals surface area contributed by atoms with Gasteiger partial charge in [0.2, 0.25) is 11.0 Å². The Hall–Kier alpha value is -2.12. The van der Waals surface area contributed by atoms with Gasteiger partial charge in [0.15, 0.2) is 5.78 Å². The Bertz CT molecular complexity index is 848. The van der Waals surface area contributed by atoms with E-state index in [1.165, 1.54) is 11.8 Å². The van der Waals surface area contributed by atoms with Crippen LogP contribution in [0.4, 0.5) is 0 Å². The van der Waals surface area contributed by atoms with Crippen molar-refractivity contribution < 1.29 is 14.1 Å². The van der Waals surface area contributed by atoms with E-state index in [2.05, 4.69) is 26.1 Å². The number of ether oxygens (including phenoxy) is 1. The first-order valence-corrected chi connectivity index (χ1v) is 9.29. The Labute approximate surface area is 157 Å². The summed E-state index contributed by atoms with van der Waals surface area (Å²) >= 11 is 4.62. The minimum Gasteiger partial charge on any atom is -0.497 e. The van der Waals surface area contributed by atoms with Crippen LogP contribution in [0.2, 0.25) is 0 Å². The first-order chi connectivity index (χ1) is 12.1. The molecule has 3 aromatic rings. The second kappa shape index (κ2) is 8.31. The van der Waals surface area contributed by atoms with Crippen LogP contribution in [0.1, 0.15) is 21.8 Å². The molecule has 0 bridgehead atoms. The van der Waals surface area contributed by atoms with Crippen molar-refractivity contribution in [2.75, 3.05) is 12.9 Å². The molecule has 0 saturated heterocycles. The number of nitrogens with zero attached hydrogens (tertiary/aromatic N) is 2. The van der Waals surface area contributed by atoms with E-state index in [9.17, 15) is 4.79 Å². The highest BCUT2D eigenvalue weighted by atomic mass is 79.9. The zero-order valence-corrected chi connectivity index (χ0v) is 15.8. The molecule has 1 aromatic heterocycles. The van der Waals surface area contributed by atoms with Gasteiger partial charge in [-0.25, -0.2) is 0 Å². The lowest BCUT2D eigenvalue weighted by Gasteiger charge is -2.00. The maximum Gasteiger partial charge on any atom is 0.231 e. The van der Waals surface area contributed by atoms with E-state index < -0.39 is 0 Å². The molecule has 3 rings (SSSR count). The number of carbonyl (C=O) groups excluding carboxylic acids is 1. The van der Waals surface area contributed by atoms with Gasteiger partial charge in [-0.3, -0.25) is 4.79 Å². The summed E-state index contributed by atoms with van der Waals surface area (Å²) in [4.78, 5) is 16.5. The van der Waals surface area contributed by atoms with Crippen LogP contribution in [0, 0.1) is 0 Å². The molecule has 0 aliphatic rings. The third-order valence-corrected chi connectivity index (χ3v) is 4.82. The van der Waals surface area contributed by atoms with Gasteiger partial charge in [0.05, 0.1) is 19.3 Å². The van der Waals surface area contributed by atoms with E-state index in [-0.39, 0.29) is 11.5 Å². The lowest BCUT2D eigenvalue weighted by atomic mass is 10.1. The Kier molecular flexibility index (Phi) is 5.88. The van der Waals surface area contributed by atoms with Crippen LogP contribution in [0.3, 0.4) is 0 Å². The molecule has 0 unspecified atom stereocenters. The Morgan fingerprint density at radius 3 is 2.56 bits per heavy atom. The molecule has 2 aromatic carbocycles. The van der Waals surface area contributed by atoms with Gasteiger partial charge in [-0.15, -0.1) is 0 Å². The SMILES string of the molecule is COc1ccc(Cc2nc(SCC(=O)c3ccc(Br)cc3)no2)cc1. The molecule has 0 radical (unpaired) electrons. The van der Waals surface area contributed by atoms with Crippen LogP contribution in [-0.4, -0.2) is 28.8 Å². The lowest BCUT2D eigenvalue weighted by molar-refractivity contribution is 0.102. The molecule has 0 fully saturated rings. The molecule has 0 atom stereocenters. The molecule has 128 valence electrons. The summed E-state index contributed by atoms with van der Waals surface area (Å²) in [5, 5.41) is 4.38. The van der Waals surface area contributed by atoms with Gasteiger partial charge in [-0.2, -0.15) is 4.98 Å². The topological polar surface area (TPSA) is 65.2 Å². The normalized spacial score (nSPS) is 10.6. The third-order valence-electron chi connectivity index (χ3n) is 3.46. The zero-order valence-electron chi connectivity index (χ0n) is 13.4. The smallest absolute Gasteiger partial charge is 0.231 e. The van der Waals surface area contributed by atoms with E-state index in [1.54, 1.807) is 19.2 Å². The fourth-order valence-corrected chi connectivity index (χ4v) is 3.08. The standard InChI is InChI=1S/C18H15BrN2O3S/c1-23-15-8-2-12(3-9-15)10-17-20-18(21-24-17)25-11-16(22)13-4-6-14(19)7-5-13/h2-9H,10-11H2,1H3. The van der Waals surface area contributed by atoms with Crippen LogP contribution < -0.4 is 4.74 Å². The number of Topliss-reactive ketones (excluding diaryl/α,β-unsaturated/α-hetero) is 1. The van der Waals surface area contributed by atoms with E-state index in [0.717, 1.165) is 15.8 Å². The van der Waals surface area contributed by atoms with Crippen molar-refractivity contribution in [2.24, 2.45) is 0 Å². The van der Waals surface area contributed by atoms with Crippen LogP contribution >= 0.6 is 27.7 Å². The number of carbonyl (C=O) groups is 1. The average Bonchev–Trinajstić information content (AvgIpc) is 3.08. The molecule has 0 spiro atoms. The second-order valence-electron chi connectivity index (χ2n) is 5.21. The van der Waals surface area contributed by atoms with Crippen molar-refractivity contribution >= 4 is 33.5 Å². The Balaban J connectivity index is 1.56. The van der Waals surface area contributed by atoms with Gasteiger partial charge < -0.3 is 9.26 Å². The number of aromatic nitrogens is 2. The zero-order chi connectivity index (χ0) is 17.6. The summed E-state index contributed by atoms with van der Waals surface area (Å²) in [5.41, 5.74) is 1.71. The number of methoxy groups -OCH3 is 1. The number of thioether (sulfide) groups is 1. The largest absolute Gasteiger partial charge is 0.497 e. The lowest BCUT2D eigenvalue weighted by Crippen LogP contribution is -2.02. The van der Waals surface area contributed by atoms with Gasteiger partial charge in [0.1, 0.15) is 5.75 Å². The molecule has 0 N–H and O–H groups in total. The summed E-state index contributed by atoms with van der Waals surface area (Å²) in [7, 11) is 1.63. The maximum absolute atomic E-state index is 12.2.